The minimum atomic E-state index is -3.57. The Morgan fingerprint density at radius 2 is 2.11 bits per heavy atom. The average Bonchev–Trinajstić information content (AvgIpc) is 2.37. The van der Waals surface area contributed by atoms with Crippen molar-refractivity contribution in [2.24, 2.45) is 5.92 Å². The van der Waals surface area contributed by atoms with Crippen LogP contribution in [0.4, 0.5) is 0 Å². The third kappa shape index (κ3) is 3.78. The smallest absolute Gasteiger partial charge is 0.207 e. The highest BCUT2D eigenvalue weighted by Gasteiger charge is 2.26. The first-order valence-corrected chi connectivity index (χ1v) is 8.22. The first-order valence-electron chi connectivity index (χ1n) is 5.98. The summed E-state index contributed by atoms with van der Waals surface area (Å²) < 4.78 is 27.0. The molecule has 0 radical (unpaired) electrons. The Labute approximate surface area is 123 Å². The number of benzene rings is 1. The van der Waals surface area contributed by atoms with Crippen molar-refractivity contribution in [2.45, 2.75) is 25.7 Å². The van der Waals surface area contributed by atoms with Crippen LogP contribution >= 0.6 is 15.9 Å². The Hall–Kier alpha value is -0.900. The van der Waals surface area contributed by atoms with Crippen molar-refractivity contribution in [2.75, 3.05) is 13.1 Å². The van der Waals surface area contributed by atoms with Crippen molar-refractivity contribution in [3.63, 3.8) is 0 Å². The SMILES string of the molecule is CCN(C[C@@H](C)C#N)S(=O)(=O)c1cc(C)ccc1Br. The molecule has 4 nitrogen and oxygen atoms in total. The van der Waals surface area contributed by atoms with E-state index in [2.05, 4.69) is 22.0 Å². The number of nitriles is 1. The molecular weight excluding hydrogens is 328 g/mol. The highest BCUT2D eigenvalue weighted by Crippen LogP contribution is 2.26. The van der Waals surface area contributed by atoms with Crippen LogP contribution < -0.4 is 0 Å². The number of hydrogen-bond donors (Lipinski definition) is 0. The molecule has 0 unspecified atom stereocenters. The van der Waals surface area contributed by atoms with Crippen molar-refractivity contribution in [1.82, 2.24) is 4.31 Å². The molecule has 19 heavy (non-hydrogen) atoms. The van der Waals surface area contributed by atoms with Crippen molar-refractivity contribution in [1.29, 1.82) is 5.26 Å². The lowest BCUT2D eigenvalue weighted by molar-refractivity contribution is 0.399. The standard InChI is InChI=1S/C13H17BrN2O2S/c1-4-16(9-11(3)8-15)19(17,18)13-7-10(2)5-6-12(13)14/h5-7,11H,4,9H2,1-3H3/t11-/m0/s1. The molecule has 0 N–H and O–H groups in total. The van der Waals surface area contributed by atoms with Gasteiger partial charge in [0.2, 0.25) is 10.0 Å². The van der Waals surface area contributed by atoms with Gasteiger partial charge in [-0.2, -0.15) is 9.57 Å². The second-order valence-electron chi connectivity index (χ2n) is 4.42. The molecule has 0 fully saturated rings. The quantitative estimate of drug-likeness (QED) is 0.824. The van der Waals surface area contributed by atoms with Gasteiger partial charge in [0.05, 0.1) is 16.9 Å². The maximum absolute atomic E-state index is 12.6. The number of halogens is 1. The van der Waals surface area contributed by atoms with E-state index >= 15 is 0 Å². The predicted molar refractivity (Wildman–Crippen MR) is 78.1 cm³/mol. The summed E-state index contributed by atoms with van der Waals surface area (Å²) in [5, 5.41) is 8.83. The fourth-order valence-corrected chi connectivity index (χ4v) is 4.24. The monoisotopic (exact) mass is 344 g/mol. The first kappa shape index (κ1) is 16.2. The number of hydrogen-bond acceptors (Lipinski definition) is 3. The molecule has 0 amide bonds. The summed E-state index contributed by atoms with van der Waals surface area (Å²) in [5.74, 6) is -0.335. The fraction of sp³-hybridized carbons (Fsp3) is 0.462. The topological polar surface area (TPSA) is 61.2 Å². The molecule has 0 spiro atoms. The van der Waals surface area contributed by atoms with Gasteiger partial charge in [-0.3, -0.25) is 0 Å². The van der Waals surface area contributed by atoms with Crippen LogP contribution in [0.1, 0.15) is 19.4 Å². The minimum Gasteiger partial charge on any atom is -0.207 e. The molecule has 0 aliphatic carbocycles. The van der Waals surface area contributed by atoms with E-state index < -0.39 is 10.0 Å². The van der Waals surface area contributed by atoms with Gasteiger partial charge in [0.1, 0.15) is 0 Å². The Morgan fingerprint density at radius 1 is 1.47 bits per heavy atom. The molecule has 1 atom stereocenters. The molecule has 1 rings (SSSR count). The van der Waals surface area contributed by atoms with Crippen LogP contribution in [0.25, 0.3) is 0 Å². The number of aryl methyl sites for hydroxylation is 1. The Kier molecular flexibility index (Phi) is 5.53. The van der Waals surface area contributed by atoms with Crippen LogP contribution in [-0.2, 0) is 10.0 Å². The zero-order valence-corrected chi connectivity index (χ0v) is 13.6. The van der Waals surface area contributed by atoms with Crippen LogP contribution in [-0.4, -0.2) is 25.8 Å². The third-order valence-electron chi connectivity index (χ3n) is 2.76. The second-order valence-corrected chi connectivity index (χ2v) is 7.18. The summed E-state index contributed by atoms with van der Waals surface area (Å²) in [4.78, 5) is 0.250. The van der Waals surface area contributed by atoms with Crippen LogP contribution in [0.3, 0.4) is 0 Å². The summed E-state index contributed by atoms with van der Waals surface area (Å²) in [5.41, 5.74) is 0.881. The van der Waals surface area contributed by atoms with E-state index in [1.165, 1.54) is 4.31 Å². The van der Waals surface area contributed by atoms with Gasteiger partial charge in [0, 0.05) is 17.6 Å². The maximum atomic E-state index is 12.6. The second kappa shape index (κ2) is 6.51. The van der Waals surface area contributed by atoms with E-state index in [9.17, 15) is 8.42 Å². The lowest BCUT2D eigenvalue weighted by atomic mass is 10.2. The molecule has 1 aromatic carbocycles. The molecule has 0 saturated heterocycles. The molecule has 1 aromatic rings. The molecule has 0 heterocycles. The highest BCUT2D eigenvalue weighted by molar-refractivity contribution is 9.10. The average molecular weight is 345 g/mol. The molecule has 104 valence electrons. The predicted octanol–water partition coefficient (Wildman–Crippen LogP) is 2.93. The van der Waals surface area contributed by atoms with Gasteiger partial charge in [-0.25, -0.2) is 8.42 Å². The van der Waals surface area contributed by atoms with Crippen LogP contribution in [0.15, 0.2) is 27.6 Å². The largest absolute Gasteiger partial charge is 0.244 e. The van der Waals surface area contributed by atoms with Gasteiger partial charge >= 0.3 is 0 Å². The van der Waals surface area contributed by atoms with Crippen LogP contribution in [0.5, 0.6) is 0 Å². The highest BCUT2D eigenvalue weighted by atomic mass is 79.9. The molecule has 0 aliphatic rings. The summed E-state index contributed by atoms with van der Waals surface area (Å²) in [6.07, 6.45) is 0. The summed E-state index contributed by atoms with van der Waals surface area (Å²) in [6.45, 7) is 5.87. The van der Waals surface area contributed by atoms with Crippen molar-refractivity contribution in [3.8, 4) is 6.07 Å². The molecule has 0 saturated carbocycles. The Balaban J connectivity index is 3.21. The zero-order chi connectivity index (χ0) is 14.6. The van der Waals surface area contributed by atoms with Crippen molar-refractivity contribution < 1.29 is 8.42 Å². The first-order chi connectivity index (χ1) is 8.82. The van der Waals surface area contributed by atoms with E-state index in [1.54, 1.807) is 26.0 Å². The number of sulfonamides is 1. The van der Waals surface area contributed by atoms with E-state index in [0.29, 0.717) is 11.0 Å². The Morgan fingerprint density at radius 3 is 2.63 bits per heavy atom. The van der Waals surface area contributed by atoms with Crippen LogP contribution in [0, 0.1) is 24.2 Å². The maximum Gasteiger partial charge on any atom is 0.244 e. The van der Waals surface area contributed by atoms with Gasteiger partial charge in [-0.05, 0) is 47.5 Å². The van der Waals surface area contributed by atoms with Gasteiger partial charge in [0.15, 0.2) is 0 Å². The van der Waals surface area contributed by atoms with Gasteiger partial charge in [0.25, 0.3) is 0 Å². The molecule has 0 aliphatic heterocycles. The molecule has 0 bridgehead atoms. The lowest BCUT2D eigenvalue weighted by Crippen LogP contribution is -2.34. The molecule has 6 heteroatoms. The van der Waals surface area contributed by atoms with Gasteiger partial charge in [-0.15, -0.1) is 0 Å². The number of rotatable bonds is 5. The van der Waals surface area contributed by atoms with Crippen LogP contribution in [0.2, 0.25) is 0 Å². The summed E-state index contributed by atoms with van der Waals surface area (Å²) >= 11 is 3.28. The van der Waals surface area contributed by atoms with E-state index in [-0.39, 0.29) is 17.4 Å². The molecule has 0 aromatic heterocycles. The van der Waals surface area contributed by atoms with Crippen molar-refractivity contribution in [3.05, 3.63) is 28.2 Å². The summed E-state index contributed by atoms with van der Waals surface area (Å²) in [6, 6.07) is 7.27. The fourth-order valence-electron chi connectivity index (χ4n) is 1.69. The van der Waals surface area contributed by atoms with E-state index in [0.717, 1.165) is 5.56 Å². The molecular formula is C13H17BrN2O2S. The zero-order valence-electron chi connectivity index (χ0n) is 11.2. The van der Waals surface area contributed by atoms with E-state index in [4.69, 9.17) is 5.26 Å². The van der Waals surface area contributed by atoms with Gasteiger partial charge in [-0.1, -0.05) is 13.0 Å². The normalized spacial score (nSPS) is 13.3. The summed E-state index contributed by atoms with van der Waals surface area (Å²) in [7, 11) is -3.57. The lowest BCUT2D eigenvalue weighted by Gasteiger charge is -2.22. The van der Waals surface area contributed by atoms with Gasteiger partial charge < -0.3 is 0 Å². The van der Waals surface area contributed by atoms with E-state index in [1.807, 2.05) is 13.0 Å². The number of nitrogens with zero attached hydrogens (tertiary/aromatic N) is 2. The minimum absolute atomic E-state index is 0.204. The Bertz CT molecular complexity index is 593. The van der Waals surface area contributed by atoms with Crippen molar-refractivity contribution >= 4 is 26.0 Å². The third-order valence-corrected chi connectivity index (χ3v) is 5.69.